The van der Waals surface area contributed by atoms with Crippen molar-refractivity contribution in [2.75, 3.05) is 19.6 Å². The number of likely N-dealkylation sites (tertiary alicyclic amines) is 2. The zero-order valence-corrected chi connectivity index (χ0v) is 14.1. The Bertz CT molecular complexity index is 583. The lowest BCUT2D eigenvalue weighted by molar-refractivity contribution is -0.144. The molecule has 2 amide bonds. The lowest BCUT2D eigenvalue weighted by Gasteiger charge is -2.36. The van der Waals surface area contributed by atoms with Crippen molar-refractivity contribution >= 4 is 11.8 Å². The quantitative estimate of drug-likeness (QED) is 0.851. The molecule has 3 rings (SSSR count). The van der Waals surface area contributed by atoms with E-state index in [9.17, 15) is 9.59 Å². The van der Waals surface area contributed by atoms with E-state index in [0.29, 0.717) is 12.6 Å². The Morgan fingerprint density at radius 3 is 2.78 bits per heavy atom. The smallest absolute Gasteiger partial charge is 0.245 e. The molecule has 2 aliphatic heterocycles. The van der Waals surface area contributed by atoms with E-state index in [2.05, 4.69) is 16.5 Å². The maximum Gasteiger partial charge on any atom is 0.245 e. The zero-order valence-electron chi connectivity index (χ0n) is 14.1. The van der Waals surface area contributed by atoms with Gasteiger partial charge in [-0.15, -0.1) is 0 Å². The van der Waals surface area contributed by atoms with Gasteiger partial charge in [-0.2, -0.15) is 0 Å². The molecule has 0 spiro atoms. The van der Waals surface area contributed by atoms with E-state index in [1.807, 2.05) is 17.3 Å². The first-order chi connectivity index (χ1) is 11.1. The summed E-state index contributed by atoms with van der Waals surface area (Å²) >= 11 is 0. The molecule has 1 aromatic heterocycles. The Morgan fingerprint density at radius 1 is 1.26 bits per heavy atom. The molecule has 0 aliphatic carbocycles. The molecule has 2 atom stereocenters. The number of rotatable bonds is 3. The van der Waals surface area contributed by atoms with Gasteiger partial charge in [-0.3, -0.25) is 9.59 Å². The molecule has 2 unspecified atom stereocenters. The van der Waals surface area contributed by atoms with Crippen LogP contribution in [-0.2, 0) is 16.0 Å². The highest BCUT2D eigenvalue weighted by molar-refractivity contribution is 5.87. The van der Waals surface area contributed by atoms with Crippen LogP contribution in [0.25, 0.3) is 0 Å². The fourth-order valence-corrected chi connectivity index (χ4v) is 3.94. The predicted octanol–water partition coefficient (Wildman–Crippen LogP) is 1.62. The molecule has 2 aliphatic rings. The van der Waals surface area contributed by atoms with Crippen molar-refractivity contribution in [1.82, 2.24) is 19.4 Å². The first kappa shape index (κ1) is 16.0. The fraction of sp³-hybridized carbons (Fsp3) is 0.706. The van der Waals surface area contributed by atoms with Gasteiger partial charge in [-0.05, 0) is 25.7 Å². The lowest BCUT2D eigenvalue weighted by atomic mass is 10.0. The van der Waals surface area contributed by atoms with Gasteiger partial charge < -0.3 is 14.4 Å². The third kappa shape index (κ3) is 3.12. The molecule has 0 aromatic carbocycles. The number of aromatic nitrogens is 2. The molecule has 2 saturated heterocycles. The highest BCUT2D eigenvalue weighted by Gasteiger charge is 2.37. The first-order valence-electron chi connectivity index (χ1n) is 8.69. The Balaban J connectivity index is 1.71. The van der Waals surface area contributed by atoms with E-state index in [-0.39, 0.29) is 17.9 Å². The highest BCUT2D eigenvalue weighted by Crippen LogP contribution is 2.26. The van der Waals surface area contributed by atoms with E-state index in [0.717, 1.165) is 51.0 Å². The molecule has 0 bridgehead atoms. The van der Waals surface area contributed by atoms with E-state index < -0.39 is 0 Å². The zero-order chi connectivity index (χ0) is 16.4. The van der Waals surface area contributed by atoms with Gasteiger partial charge in [0.05, 0.1) is 6.04 Å². The van der Waals surface area contributed by atoms with Crippen molar-refractivity contribution in [3.8, 4) is 0 Å². The average Bonchev–Trinajstić information content (AvgIpc) is 3.23. The normalized spacial score (nSPS) is 25.0. The minimum absolute atomic E-state index is 0.0114. The number of hydrogen-bond acceptors (Lipinski definition) is 3. The summed E-state index contributed by atoms with van der Waals surface area (Å²) in [5.41, 5.74) is 0. The summed E-state index contributed by atoms with van der Waals surface area (Å²) in [5.74, 6) is 1.22. The number of imidazole rings is 1. The van der Waals surface area contributed by atoms with Crippen LogP contribution in [0.3, 0.4) is 0 Å². The average molecular weight is 318 g/mol. The summed E-state index contributed by atoms with van der Waals surface area (Å²) in [7, 11) is 0. The van der Waals surface area contributed by atoms with E-state index in [4.69, 9.17) is 0 Å². The molecular formula is C17H26N4O2. The van der Waals surface area contributed by atoms with Gasteiger partial charge >= 0.3 is 0 Å². The second kappa shape index (κ2) is 6.72. The van der Waals surface area contributed by atoms with Crippen LogP contribution in [0.5, 0.6) is 0 Å². The van der Waals surface area contributed by atoms with E-state index in [1.54, 1.807) is 11.8 Å². The first-order valence-corrected chi connectivity index (χ1v) is 8.69. The maximum atomic E-state index is 12.9. The van der Waals surface area contributed by atoms with Crippen LogP contribution >= 0.6 is 0 Å². The molecule has 1 aromatic rings. The molecule has 23 heavy (non-hydrogen) atoms. The molecule has 6 heteroatoms. The van der Waals surface area contributed by atoms with Gasteiger partial charge in [0.25, 0.3) is 0 Å². The van der Waals surface area contributed by atoms with Crippen LogP contribution in [0, 0.1) is 0 Å². The van der Waals surface area contributed by atoms with Gasteiger partial charge in [0.2, 0.25) is 11.8 Å². The maximum absolute atomic E-state index is 12.9. The van der Waals surface area contributed by atoms with Crippen molar-refractivity contribution < 1.29 is 9.59 Å². The van der Waals surface area contributed by atoms with Crippen LogP contribution in [0.15, 0.2) is 12.4 Å². The molecule has 3 heterocycles. The summed E-state index contributed by atoms with van der Waals surface area (Å²) in [6, 6.07) is 0.0528. The topological polar surface area (TPSA) is 58.4 Å². The Morgan fingerprint density at radius 2 is 2.04 bits per heavy atom. The van der Waals surface area contributed by atoms with Crippen molar-refractivity contribution in [1.29, 1.82) is 0 Å². The number of piperidine rings is 1. The van der Waals surface area contributed by atoms with Crippen LogP contribution in [0.4, 0.5) is 0 Å². The molecule has 126 valence electrons. The number of amides is 2. The lowest BCUT2D eigenvalue weighted by Crippen LogP contribution is -2.50. The largest absolute Gasteiger partial charge is 0.339 e. The minimum atomic E-state index is -0.250. The van der Waals surface area contributed by atoms with Crippen LogP contribution in [0.2, 0.25) is 0 Å². The fourth-order valence-electron chi connectivity index (χ4n) is 3.94. The summed E-state index contributed by atoms with van der Waals surface area (Å²) in [5, 5.41) is 0. The summed E-state index contributed by atoms with van der Waals surface area (Å²) in [6.07, 6.45) is 8.57. The number of carbonyl (C=O) groups excluding carboxylic acids is 2. The van der Waals surface area contributed by atoms with Gasteiger partial charge in [0.15, 0.2) is 0 Å². The Labute approximate surface area is 137 Å². The van der Waals surface area contributed by atoms with Crippen molar-refractivity contribution in [3.05, 3.63) is 18.2 Å². The van der Waals surface area contributed by atoms with Gasteiger partial charge in [0.1, 0.15) is 11.9 Å². The van der Waals surface area contributed by atoms with E-state index >= 15 is 0 Å². The van der Waals surface area contributed by atoms with Gasteiger partial charge in [-0.1, -0.05) is 6.92 Å². The molecule has 0 N–H and O–H groups in total. The number of nitrogens with zero attached hydrogens (tertiary/aromatic N) is 4. The van der Waals surface area contributed by atoms with Crippen LogP contribution in [-0.4, -0.2) is 56.8 Å². The monoisotopic (exact) mass is 318 g/mol. The molecular weight excluding hydrogens is 292 g/mol. The van der Waals surface area contributed by atoms with Crippen molar-refractivity contribution in [2.45, 2.75) is 58.0 Å². The third-order valence-corrected chi connectivity index (χ3v) is 5.11. The SMILES string of the molecule is CCc1nccn1C1CCCN(C(=O)C2CCCN2C(C)=O)C1. The standard InChI is InChI=1S/C17H26N4O2/c1-3-16-18-8-11-21(16)14-6-4-9-19(12-14)17(23)15-7-5-10-20(15)13(2)22/h8,11,14-15H,3-7,9-10,12H2,1-2H3. The molecule has 0 radical (unpaired) electrons. The van der Waals surface area contributed by atoms with Crippen molar-refractivity contribution in [3.63, 3.8) is 0 Å². The van der Waals surface area contributed by atoms with Crippen molar-refractivity contribution in [2.24, 2.45) is 0 Å². The predicted molar refractivity (Wildman–Crippen MR) is 86.9 cm³/mol. The molecule has 0 saturated carbocycles. The second-order valence-electron chi connectivity index (χ2n) is 6.56. The number of aryl methyl sites for hydroxylation is 1. The van der Waals surface area contributed by atoms with Crippen LogP contribution < -0.4 is 0 Å². The second-order valence-corrected chi connectivity index (χ2v) is 6.56. The third-order valence-electron chi connectivity index (χ3n) is 5.11. The number of hydrogen-bond donors (Lipinski definition) is 0. The summed E-state index contributed by atoms with van der Waals surface area (Å²) in [6.45, 7) is 5.90. The molecule has 2 fully saturated rings. The highest BCUT2D eigenvalue weighted by atomic mass is 16.2. The Kier molecular flexibility index (Phi) is 4.68. The molecule has 6 nitrogen and oxygen atoms in total. The Hall–Kier alpha value is -1.85. The minimum Gasteiger partial charge on any atom is -0.339 e. The summed E-state index contributed by atoms with van der Waals surface area (Å²) in [4.78, 5) is 32.7. The van der Waals surface area contributed by atoms with Gasteiger partial charge in [0, 0.05) is 45.4 Å². The van der Waals surface area contributed by atoms with Gasteiger partial charge in [-0.25, -0.2) is 4.98 Å². The van der Waals surface area contributed by atoms with Crippen LogP contribution in [0.1, 0.15) is 51.4 Å². The summed E-state index contributed by atoms with van der Waals surface area (Å²) < 4.78 is 2.22. The van der Waals surface area contributed by atoms with E-state index in [1.165, 1.54) is 0 Å². The number of carbonyl (C=O) groups is 2.